The van der Waals surface area contributed by atoms with E-state index in [9.17, 15) is 4.79 Å². The van der Waals surface area contributed by atoms with Crippen molar-refractivity contribution < 1.29 is 14.3 Å². The number of nitrogens with two attached hydrogens (primary N) is 1. The van der Waals surface area contributed by atoms with Crippen LogP contribution in [0.3, 0.4) is 0 Å². The van der Waals surface area contributed by atoms with E-state index in [1.807, 2.05) is 32.0 Å². The third-order valence-corrected chi connectivity index (χ3v) is 4.12. The van der Waals surface area contributed by atoms with Crippen LogP contribution in [0.2, 0.25) is 0 Å². The van der Waals surface area contributed by atoms with Crippen LogP contribution in [0, 0.1) is 5.41 Å². The van der Waals surface area contributed by atoms with E-state index in [1.165, 1.54) is 0 Å². The molecule has 1 amide bonds. The number of carbonyl (C=O) groups is 1. The van der Waals surface area contributed by atoms with E-state index in [1.54, 1.807) is 0 Å². The number of nitrogens with one attached hydrogen (secondary N) is 1. The molecule has 5 nitrogen and oxygen atoms in total. The molecule has 2 rings (SSSR count). The van der Waals surface area contributed by atoms with Crippen molar-refractivity contribution in [1.29, 1.82) is 0 Å². The van der Waals surface area contributed by atoms with Gasteiger partial charge in [-0.15, -0.1) is 12.4 Å². The van der Waals surface area contributed by atoms with Crippen molar-refractivity contribution in [1.82, 2.24) is 5.32 Å². The van der Waals surface area contributed by atoms with Gasteiger partial charge in [0.25, 0.3) is 0 Å². The van der Waals surface area contributed by atoms with Crippen molar-refractivity contribution in [2.24, 2.45) is 11.1 Å². The highest BCUT2D eigenvalue weighted by Gasteiger charge is 2.32. The largest absolute Gasteiger partial charge is 0.454 e. The van der Waals surface area contributed by atoms with Crippen LogP contribution in [-0.2, 0) is 11.3 Å². The second-order valence-corrected chi connectivity index (χ2v) is 5.06. The maximum Gasteiger partial charge on any atom is 0.231 e. The summed E-state index contributed by atoms with van der Waals surface area (Å²) in [6.45, 7) is 5.09. The van der Waals surface area contributed by atoms with Crippen LogP contribution in [0.15, 0.2) is 18.2 Å². The van der Waals surface area contributed by atoms with Gasteiger partial charge >= 0.3 is 0 Å². The van der Waals surface area contributed by atoms with E-state index in [-0.39, 0.29) is 25.1 Å². The molecule has 0 spiro atoms. The summed E-state index contributed by atoms with van der Waals surface area (Å²) in [5.74, 6) is 1.49. The zero-order valence-corrected chi connectivity index (χ0v) is 13.3. The van der Waals surface area contributed by atoms with Gasteiger partial charge in [-0.25, -0.2) is 0 Å². The number of amides is 1. The lowest BCUT2D eigenvalue weighted by Crippen LogP contribution is -2.45. The molecule has 21 heavy (non-hydrogen) atoms. The topological polar surface area (TPSA) is 73.6 Å². The summed E-state index contributed by atoms with van der Waals surface area (Å²) in [6, 6.07) is 5.68. The summed E-state index contributed by atoms with van der Waals surface area (Å²) < 4.78 is 10.6. The van der Waals surface area contributed by atoms with E-state index in [4.69, 9.17) is 15.2 Å². The van der Waals surface area contributed by atoms with Gasteiger partial charge in [0, 0.05) is 13.1 Å². The fourth-order valence-electron chi connectivity index (χ4n) is 2.37. The van der Waals surface area contributed by atoms with E-state index >= 15 is 0 Å². The Morgan fingerprint density at radius 2 is 1.95 bits per heavy atom. The zero-order chi connectivity index (χ0) is 14.6. The minimum absolute atomic E-state index is 0. The molecule has 1 aliphatic heterocycles. The van der Waals surface area contributed by atoms with Crippen molar-refractivity contribution in [2.75, 3.05) is 13.3 Å². The van der Waals surface area contributed by atoms with Crippen LogP contribution >= 0.6 is 12.4 Å². The first-order valence-electron chi connectivity index (χ1n) is 7.02. The molecule has 0 fully saturated rings. The fraction of sp³-hybridized carbons (Fsp3) is 0.533. The van der Waals surface area contributed by atoms with Crippen molar-refractivity contribution in [3.8, 4) is 11.5 Å². The molecule has 118 valence electrons. The fourth-order valence-corrected chi connectivity index (χ4v) is 2.37. The first kappa shape index (κ1) is 17.6. The van der Waals surface area contributed by atoms with Crippen LogP contribution in [0.1, 0.15) is 32.3 Å². The maximum absolute atomic E-state index is 12.3. The van der Waals surface area contributed by atoms with Crippen molar-refractivity contribution in [2.45, 2.75) is 33.2 Å². The summed E-state index contributed by atoms with van der Waals surface area (Å²) in [6.07, 6.45) is 1.49. The highest BCUT2D eigenvalue weighted by molar-refractivity contribution is 5.85. The molecule has 6 heteroatoms. The number of halogens is 1. The highest BCUT2D eigenvalue weighted by Crippen LogP contribution is 2.32. The third kappa shape index (κ3) is 3.60. The van der Waals surface area contributed by atoms with Gasteiger partial charge in [0.05, 0.1) is 5.41 Å². The van der Waals surface area contributed by atoms with Gasteiger partial charge in [-0.1, -0.05) is 19.9 Å². The van der Waals surface area contributed by atoms with Gasteiger partial charge in [-0.2, -0.15) is 0 Å². The van der Waals surface area contributed by atoms with Crippen LogP contribution in [0.5, 0.6) is 11.5 Å². The van der Waals surface area contributed by atoms with Crippen LogP contribution < -0.4 is 20.5 Å². The predicted octanol–water partition coefficient (Wildman–Crippen LogP) is 2.22. The number of hydrogen-bond acceptors (Lipinski definition) is 4. The van der Waals surface area contributed by atoms with E-state index < -0.39 is 5.41 Å². The molecule has 3 N–H and O–H groups in total. The molecule has 1 aromatic carbocycles. The smallest absolute Gasteiger partial charge is 0.231 e. The molecule has 0 atom stereocenters. The highest BCUT2D eigenvalue weighted by atomic mass is 35.5. The van der Waals surface area contributed by atoms with Gasteiger partial charge in [0.1, 0.15) is 0 Å². The standard InChI is InChI=1S/C15H22N2O3.ClH/c1-3-15(4-2,9-16)14(18)17-8-11-5-6-12-13(7-11)20-10-19-12;/h5-7H,3-4,8-10,16H2,1-2H3,(H,17,18);1H. The summed E-state index contributed by atoms with van der Waals surface area (Å²) >= 11 is 0. The second kappa shape index (κ2) is 7.52. The number of rotatable bonds is 6. The lowest BCUT2D eigenvalue weighted by atomic mass is 9.81. The van der Waals surface area contributed by atoms with E-state index in [0.717, 1.165) is 29.9 Å². The zero-order valence-electron chi connectivity index (χ0n) is 12.5. The SMILES string of the molecule is CCC(CC)(CN)C(=O)NCc1ccc2c(c1)OCO2.Cl. The monoisotopic (exact) mass is 314 g/mol. The van der Waals surface area contributed by atoms with Gasteiger partial charge < -0.3 is 20.5 Å². The molecular formula is C15H23ClN2O3. The Balaban J connectivity index is 0.00000220. The second-order valence-electron chi connectivity index (χ2n) is 5.06. The average molecular weight is 315 g/mol. The molecule has 0 radical (unpaired) electrons. The molecule has 0 aliphatic carbocycles. The maximum atomic E-state index is 12.3. The molecule has 0 aromatic heterocycles. The molecule has 0 unspecified atom stereocenters. The summed E-state index contributed by atoms with van der Waals surface area (Å²) in [4.78, 5) is 12.3. The minimum atomic E-state index is -0.462. The molecule has 1 aliphatic rings. The number of benzene rings is 1. The quantitative estimate of drug-likeness (QED) is 0.844. The van der Waals surface area contributed by atoms with Crippen LogP contribution in [0.25, 0.3) is 0 Å². The van der Waals surface area contributed by atoms with Crippen molar-refractivity contribution in [3.05, 3.63) is 23.8 Å². The number of fused-ring (bicyclic) bond motifs is 1. The minimum Gasteiger partial charge on any atom is -0.454 e. The average Bonchev–Trinajstić information content (AvgIpc) is 2.95. The molecular weight excluding hydrogens is 292 g/mol. The lowest BCUT2D eigenvalue weighted by Gasteiger charge is -2.28. The van der Waals surface area contributed by atoms with Gasteiger partial charge in [-0.05, 0) is 30.5 Å². The Kier molecular flexibility index (Phi) is 6.30. The van der Waals surface area contributed by atoms with Crippen LogP contribution in [-0.4, -0.2) is 19.2 Å². The van der Waals surface area contributed by atoms with Crippen LogP contribution in [0.4, 0.5) is 0 Å². The molecule has 0 saturated carbocycles. The van der Waals surface area contributed by atoms with E-state index in [0.29, 0.717) is 13.1 Å². The van der Waals surface area contributed by atoms with Gasteiger partial charge in [-0.3, -0.25) is 4.79 Å². The normalized spacial score (nSPS) is 12.7. The first-order chi connectivity index (χ1) is 9.65. The summed E-state index contributed by atoms with van der Waals surface area (Å²) in [5, 5.41) is 2.97. The Hall–Kier alpha value is -1.46. The van der Waals surface area contributed by atoms with E-state index in [2.05, 4.69) is 5.32 Å². The first-order valence-corrected chi connectivity index (χ1v) is 7.02. The third-order valence-electron chi connectivity index (χ3n) is 4.12. The number of ether oxygens (including phenoxy) is 2. The molecule has 1 aromatic rings. The number of carbonyl (C=O) groups excluding carboxylic acids is 1. The lowest BCUT2D eigenvalue weighted by molar-refractivity contribution is -0.131. The Morgan fingerprint density at radius 3 is 2.57 bits per heavy atom. The predicted molar refractivity (Wildman–Crippen MR) is 83.7 cm³/mol. The van der Waals surface area contributed by atoms with Crippen molar-refractivity contribution in [3.63, 3.8) is 0 Å². The summed E-state index contributed by atoms with van der Waals surface area (Å²) in [5.41, 5.74) is 6.30. The van der Waals surface area contributed by atoms with Gasteiger partial charge in [0.2, 0.25) is 12.7 Å². The molecule has 1 heterocycles. The van der Waals surface area contributed by atoms with Crippen molar-refractivity contribution >= 4 is 18.3 Å². The molecule has 0 bridgehead atoms. The number of hydrogen-bond donors (Lipinski definition) is 2. The summed E-state index contributed by atoms with van der Waals surface area (Å²) in [7, 11) is 0. The Labute approximate surface area is 131 Å². The molecule has 0 saturated heterocycles. The Bertz CT molecular complexity index is 482. The Morgan fingerprint density at radius 1 is 1.29 bits per heavy atom. The van der Waals surface area contributed by atoms with Gasteiger partial charge in [0.15, 0.2) is 11.5 Å².